The molecular weight excluding hydrogens is 359 g/mol. The van der Waals surface area contributed by atoms with Gasteiger partial charge in [0, 0.05) is 23.1 Å². The van der Waals surface area contributed by atoms with Crippen LogP contribution in [0.25, 0.3) is 0 Å². The average Bonchev–Trinajstić information content (AvgIpc) is 2.84. The zero-order valence-electron chi connectivity index (χ0n) is 12.9. The lowest BCUT2D eigenvalue weighted by Crippen LogP contribution is -2.42. The molecule has 1 aliphatic heterocycles. The minimum absolute atomic E-state index is 0.0651. The first-order chi connectivity index (χ1) is 10.8. The van der Waals surface area contributed by atoms with Crippen LogP contribution in [0.15, 0.2) is 18.2 Å². The number of nitrogens with zero attached hydrogens (tertiary/aromatic N) is 1. The molecule has 2 rings (SSSR count). The van der Waals surface area contributed by atoms with Gasteiger partial charge in [-0.2, -0.15) is 0 Å². The molecule has 1 amide bonds. The lowest BCUT2D eigenvalue weighted by molar-refractivity contribution is -0.130. The van der Waals surface area contributed by atoms with Crippen LogP contribution in [0.3, 0.4) is 0 Å². The molecule has 1 heterocycles. The molecule has 1 unspecified atom stereocenters. The Morgan fingerprint density at radius 3 is 2.74 bits per heavy atom. The molecule has 1 aliphatic rings. The van der Waals surface area contributed by atoms with Gasteiger partial charge < -0.3 is 10.2 Å². The standard InChI is InChI=1S/C15H20Cl2N2O3S/c1-19(13-5-7-23(21,22)10-13)15(20)9-18-6-4-11-2-3-12(16)8-14(11)17/h2-3,8,13,18H,4-7,9-10H2,1H3. The third-order valence-corrected chi connectivity index (χ3v) is 6.35. The summed E-state index contributed by atoms with van der Waals surface area (Å²) in [5.41, 5.74) is 0.964. The number of benzene rings is 1. The first-order valence-electron chi connectivity index (χ1n) is 7.39. The first kappa shape index (κ1) is 18.5. The third kappa shape index (κ3) is 5.35. The van der Waals surface area contributed by atoms with E-state index in [1.165, 1.54) is 4.90 Å². The van der Waals surface area contributed by atoms with Crippen molar-refractivity contribution in [2.24, 2.45) is 0 Å². The zero-order chi connectivity index (χ0) is 17.0. The zero-order valence-corrected chi connectivity index (χ0v) is 15.2. The summed E-state index contributed by atoms with van der Waals surface area (Å²) in [6, 6.07) is 5.13. The summed E-state index contributed by atoms with van der Waals surface area (Å²) in [6.07, 6.45) is 1.20. The van der Waals surface area contributed by atoms with Crippen molar-refractivity contribution in [3.05, 3.63) is 33.8 Å². The number of carbonyl (C=O) groups excluding carboxylic acids is 1. The fraction of sp³-hybridized carbons (Fsp3) is 0.533. The highest BCUT2D eigenvalue weighted by Gasteiger charge is 2.32. The molecule has 1 fully saturated rings. The molecule has 128 valence electrons. The number of sulfone groups is 1. The Labute approximate surface area is 146 Å². The van der Waals surface area contributed by atoms with E-state index in [1.54, 1.807) is 19.2 Å². The lowest BCUT2D eigenvalue weighted by atomic mass is 10.1. The number of carbonyl (C=O) groups is 1. The first-order valence-corrected chi connectivity index (χ1v) is 9.97. The third-order valence-electron chi connectivity index (χ3n) is 4.01. The van der Waals surface area contributed by atoms with E-state index in [4.69, 9.17) is 23.2 Å². The SMILES string of the molecule is CN(C(=O)CNCCc1ccc(Cl)cc1Cl)C1CCS(=O)(=O)C1. The number of hydrogen-bond acceptors (Lipinski definition) is 4. The lowest BCUT2D eigenvalue weighted by Gasteiger charge is -2.23. The monoisotopic (exact) mass is 378 g/mol. The van der Waals surface area contributed by atoms with Crippen molar-refractivity contribution in [2.45, 2.75) is 18.9 Å². The van der Waals surface area contributed by atoms with E-state index in [1.807, 2.05) is 6.07 Å². The molecule has 1 aromatic carbocycles. The van der Waals surface area contributed by atoms with E-state index in [2.05, 4.69) is 5.32 Å². The second-order valence-corrected chi connectivity index (χ2v) is 8.80. The topological polar surface area (TPSA) is 66.5 Å². The van der Waals surface area contributed by atoms with Gasteiger partial charge in [-0.15, -0.1) is 0 Å². The van der Waals surface area contributed by atoms with Crippen LogP contribution < -0.4 is 5.32 Å². The van der Waals surface area contributed by atoms with E-state index >= 15 is 0 Å². The number of hydrogen-bond donors (Lipinski definition) is 1. The van der Waals surface area contributed by atoms with Crippen molar-refractivity contribution in [1.82, 2.24) is 10.2 Å². The van der Waals surface area contributed by atoms with Gasteiger partial charge in [-0.05, 0) is 37.1 Å². The van der Waals surface area contributed by atoms with Crippen LogP contribution in [0, 0.1) is 0 Å². The smallest absolute Gasteiger partial charge is 0.236 e. The molecule has 0 radical (unpaired) electrons. The van der Waals surface area contributed by atoms with Crippen LogP contribution in [0.2, 0.25) is 10.0 Å². The van der Waals surface area contributed by atoms with Crippen molar-refractivity contribution in [2.75, 3.05) is 31.6 Å². The molecule has 0 aromatic heterocycles. The molecular formula is C15H20Cl2N2O3S. The van der Waals surface area contributed by atoms with Crippen molar-refractivity contribution < 1.29 is 13.2 Å². The number of nitrogens with one attached hydrogen (secondary N) is 1. The maximum absolute atomic E-state index is 12.1. The predicted octanol–water partition coefficient (Wildman–Crippen LogP) is 1.77. The molecule has 0 spiro atoms. The van der Waals surface area contributed by atoms with E-state index in [0.29, 0.717) is 29.4 Å². The van der Waals surface area contributed by atoms with Gasteiger partial charge in [0.15, 0.2) is 9.84 Å². The minimum atomic E-state index is -2.98. The van der Waals surface area contributed by atoms with Crippen LogP contribution in [-0.4, -0.2) is 56.9 Å². The average molecular weight is 379 g/mol. The molecule has 1 saturated heterocycles. The second kappa shape index (κ2) is 7.83. The fourth-order valence-electron chi connectivity index (χ4n) is 2.55. The highest BCUT2D eigenvalue weighted by atomic mass is 35.5. The molecule has 1 N–H and O–H groups in total. The summed E-state index contributed by atoms with van der Waals surface area (Å²) >= 11 is 11.9. The summed E-state index contributed by atoms with van der Waals surface area (Å²) < 4.78 is 22.9. The van der Waals surface area contributed by atoms with Gasteiger partial charge in [-0.3, -0.25) is 4.79 Å². The van der Waals surface area contributed by atoms with Crippen molar-refractivity contribution >= 4 is 38.9 Å². The Bertz CT molecular complexity index is 679. The van der Waals surface area contributed by atoms with Gasteiger partial charge in [0.25, 0.3) is 0 Å². The number of likely N-dealkylation sites (N-methyl/N-ethyl adjacent to an activating group) is 1. The molecule has 23 heavy (non-hydrogen) atoms. The van der Waals surface area contributed by atoms with Crippen molar-refractivity contribution in [1.29, 1.82) is 0 Å². The Balaban J connectivity index is 1.74. The Morgan fingerprint density at radius 2 is 2.13 bits per heavy atom. The van der Waals surface area contributed by atoms with Crippen molar-refractivity contribution in [3.63, 3.8) is 0 Å². The fourth-order valence-corrected chi connectivity index (χ4v) is 4.83. The molecule has 1 aromatic rings. The van der Waals surface area contributed by atoms with Crippen molar-refractivity contribution in [3.8, 4) is 0 Å². The molecule has 5 nitrogen and oxygen atoms in total. The summed E-state index contributed by atoms with van der Waals surface area (Å²) in [5, 5.41) is 4.27. The van der Waals surface area contributed by atoms with Gasteiger partial charge in [0.1, 0.15) is 0 Å². The molecule has 0 saturated carbocycles. The number of halogens is 2. The summed E-state index contributed by atoms with van der Waals surface area (Å²) in [4.78, 5) is 13.6. The highest BCUT2D eigenvalue weighted by Crippen LogP contribution is 2.21. The van der Waals surface area contributed by atoms with Gasteiger partial charge in [0.2, 0.25) is 5.91 Å². The normalized spacial score (nSPS) is 19.7. The van der Waals surface area contributed by atoms with Crippen LogP contribution >= 0.6 is 23.2 Å². The van der Waals surface area contributed by atoms with Gasteiger partial charge in [0.05, 0.1) is 18.1 Å². The Hall–Kier alpha value is -0.820. The Morgan fingerprint density at radius 1 is 1.39 bits per heavy atom. The van der Waals surface area contributed by atoms with Crippen LogP contribution in [0.4, 0.5) is 0 Å². The number of amides is 1. The molecule has 0 aliphatic carbocycles. The maximum Gasteiger partial charge on any atom is 0.236 e. The highest BCUT2D eigenvalue weighted by molar-refractivity contribution is 7.91. The van der Waals surface area contributed by atoms with E-state index in [-0.39, 0.29) is 30.0 Å². The van der Waals surface area contributed by atoms with Gasteiger partial charge in [-0.1, -0.05) is 29.3 Å². The van der Waals surface area contributed by atoms with E-state index in [0.717, 1.165) is 5.56 Å². The molecule has 8 heteroatoms. The summed E-state index contributed by atoms with van der Waals surface area (Å²) in [5.74, 6) is 0.127. The summed E-state index contributed by atoms with van der Waals surface area (Å²) in [6.45, 7) is 0.780. The van der Waals surface area contributed by atoms with Crippen LogP contribution in [-0.2, 0) is 21.1 Å². The van der Waals surface area contributed by atoms with E-state index in [9.17, 15) is 13.2 Å². The minimum Gasteiger partial charge on any atom is -0.341 e. The number of rotatable bonds is 6. The molecule has 0 bridgehead atoms. The Kier molecular flexibility index (Phi) is 6.31. The molecule has 1 atom stereocenters. The van der Waals surface area contributed by atoms with Gasteiger partial charge >= 0.3 is 0 Å². The van der Waals surface area contributed by atoms with Crippen LogP contribution in [0.5, 0.6) is 0 Å². The van der Waals surface area contributed by atoms with E-state index < -0.39 is 9.84 Å². The van der Waals surface area contributed by atoms with Crippen LogP contribution in [0.1, 0.15) is 12.0 Å². The predicted molar refractivity (Wildman–Crippen MR) is 92.9 cm³/mol. The second-order valence-electron chi connectivity index (χ2n) is 5.72. The van der Waals surface area contributed by atoms with Gasteiger partial charge in [-0.25, -0.2) is 8.42 Å². The largest absolute Gasteiger partial charge is 0.341 e. The maximum atomic E-state index is 12.1. The summed E-state index contributed by atoms with van der Waals surface area (Å²) in [7, 11) is -1.32. The quantitative estimate of drug-likeness (QED) is 0.766.